The zero-order valence-corrected chi connectivity index (χ0v) is 37.1. The summed E-state index contributed by atoms with van der Waals surface area (Å²) in [5.74, 6) is -0.617. The number of nitrogens with zero attached hydrogens (tertiary/aromatic N) is 1. The first-order chi connectivity index (χ1) is 26.8. The molecule has 1 aliphatic carbocycles. The average molecular weight is 818 g/mol. The van der Waals surface area contributed by atoms with Crippen LogP contribution in [0.25, 0.3) is 0 Å². The van der Waals surface area contributed by atoms with Gasteiger partial charge in [0.15, 0.2) is 6.10 Å². The molecule has 0 aromatic carbocycles. The Morgan fingerprint density at radius 2 is 1.39 bits per heavy atom. The average Bonchev–Trinajstić information content (AvgIpc) is 3.41. The fraction of sp³-hybridized carbons (Fsp3) is 0.886. The number of carbonyl (C=O) groups excluding carboxylic acids is 1. The Morgan fingerprint density at radius 3 is 2.04 bits per heavy atom. The zero-order valence-electron chi connectivity index (χ0n) is 36.2. The number of carbonyl (C=O) groups is 1. The van der Waals surface area contributed by atoms with Gasteiger partial charge in [0.25, 0.3) is 7.82 Å². The van der Waals surface area contributed by atoms with Crippen molar-refractivity contribution < 1.29 is 52.6 Å². The van der Waals surface area contributed by atoms with Crippen molar-refractivity contribution in [1.82, 2.24) is 0 Å². The molecular weight excluding hydrogens is 733 g/mol. The van der Waals surface area contributed by atoms with E-state index in [1.54, 1.807) is 12.3 Å². The highest BCUT2D eigenvalue weighted by Crippen LogP contribution is 2.39. The topological polar surface area (TPSA) is 155 Å². The van der Waals surface area contributed by atoms with Crippen molar-refractivity contribution in [2.45, 2.75) is 192 Å². The summed E-state index contributed by atoms with van der Waals surface area (Å²) in [4.78, 5) is 25.0. The number of phosphoric ester groups is 1. The minimum Gasteiger partial charge on any atom is -0.756 e. The molecule has 12 heteroatoms. The second-order valence-corrected chi connectivity index (χ2v) is 18.5. The van der Waals surface area contributed by atoms with Gasteiger partial charge in [-0.1, -0.05) is 135 Å². The third kappa shape index (κ3) is 29.0. The first-order valence-electron chi connectivity index (χ1n) is 22.4. The number of ether oxygens (including phenoxy) is 2. The SMILES string of the molecule is CCCCCCCCCCCCCC/C=C/O[C@H](COC(=O)CCCCCC[C@@H]1[C@@H](/C=C/[C@@H](O)CCCCC)[C@H](O)C[C@@H]1O)COP(=O)([O-])OCC[N+](C)(C)C. The number of hydrogen-bond donors (Lipinski definition) is 3. The van der Waals surface area contributed by atoms with Gasteiger partial charge in [0.2, 0.25) is 0 Å². The fourth-order valence-electron chi connectivity index (χ4n) is 7.10. The Bertz CT molecular complexity index is 1070. The van der Waals surface area contributed by atoms with Crippen LogP contribution in [-0.4, -0.2) is 97.7 Å². The normalized spacial score (nSPS) is 21.2. The third-order valence-electron chi connectivity index (χ3n) is 10.7. The van der Waals surface area contributed by atoms with Gasteiger partial charge >= 0.3 is 5.97 Å². The molecule has 3 N–H and O–H groups in total. The minimum atomic E-state index is -4.57. The van der Waals surface area contributed by atoms with Crippen molar-refractivity contribution in [3.63, 3.8) is 0 Å². The lowest BCUT2D eigenvalue weighted by molar-refractivity contribution is -0.870. The van der Waals surface area contributed by atoms with Gasteiger partial charge in [0.1, 0.15) is 19.8 Å². The van der Waals surface area contributed by atoms with Crippen LogP contribution in [-0.2, 0) is 27.9 Å². The molecule has 0 aromatic rings. The number of aliphatic hydroxyl groups is 3. The van der Waals surface area contributed by atoms with Gasteiger partial charge in [-0.05, 0) is 44.1 Å². The van der Waals surface area contributed by atoms with Crippen LogP contribution in [0.5, 0.6) is 0 Å². The molecule has 330 valence electrons. The van der Waals surface area contributed by atoms with Crippen molar-refractivity contribution >= 4 is 13.8 Å². The molecule has 56 heavy (non-hydrogen) atoms. The minimum absolute atomic E-state index is 0.00607. The third-order valence-corrected chi connectivity index (χ3v) is 11.7. The zero-order chi connectivity index (χ0) is 41.5. The van der Waals surface area contributed by atoms with Crippen LogP contribution in [0.2, 0.25) is 0 Å². The Morgan fingerprint density at radius 1 is 0.804 bits per heavy atom. The molecule has 11 nitrogen and oxygen atoms in total. The number of allylic oxidation sites excluding steroid dienone is 1. The quantitative estimate of drug-likeness (QED) is 0.0138. The highest BCUT2D eigenvalue weighted by atomic mass is 31.2. The van der Waals surface area contributed by atoms with Crippen LogP contribution in [0.4, 0.5) is 0 Å². The van der Waals surface area contributed by atoms with Gasteiger partial charge in [0, 0.05) is 18.8 Å². The first kappa shape index (κ1) is 52.7. The van der Waals surface area contributed by atoms with Crippen LogP contribution in [0.3, 0.4) is 0 Å². The Hall–Kier alpha value is -1.30. The molecule has 0 aromatic heterocycles. The van der Waals surface area contributed by atoms with Crippen LogP contribution in [0, 0.1) is 11.8 Å². The van der Waals surface area contributed by atoms with Crippen molar-refractivity contribution in [1.29, 1.82) is 0 Å². The molecule has 0 amide bonds. The summed E-state index contributed by atoms with van der Waals surface area (Å²) in [5.41, 5.74) is 0. The number of hydrogen-bond acceptors (Lipinski definition) is 10. The molecule has 0 saturated heterocycles. The molecular formula is C44H84NO10P. The van der Waals surface area contributed by atoms with Crippen molar-refractivity contribution in [2.75, 3.05) is 47.5 Å². The predicted molar refractivity (Wildman–Crippen MR) is 224 cm³/mol. The van der Waals surface area contributed by atoms with Gasteiger partial charge in [-0.3, -0.25) is 9.36 Å². The molecule has 1 rings (SSSR count). The first-order valence-corrected chi connectivity index (χ1v) is 23.8. The maximum Gasteiger partial charge on any atom is 0.305 e. The van der Waals surface area contributed by atoms with E-state index in [1.165, 1.54) is 64.2 Å². The van der Waals surface area contributed by atoms with E-state index >= 15 is 0 Å². The maximum atomic E-state index is 12.6. The Balaban J connectivity index is 2.43. The number of phosphoric acid groups is 1. The summed E-state index contributed by atoms with van der Waals surface area (Å²) < 4.78 is 34.3. The van der Waals surface area contributed by atoms with E-state index in [0.29, 0.717) is 30.3 Å². The largest absolute Gasteiger partial charge is 0.756 e. The second kappa shape index (κ2) is 32.5. The number of likely N-dealkylation sites (N-methyl/N-ethyl adjacent to an activating group) is 1. The van der Waals surface area contributed by atoms with Gasteiger partial charge in [-0.25, -0.2) is 0 Å². The molecule has 0 radical (unpaired) electrons. The van der Waals surface area contributed by atoms with Gasteiger partial charge in [-0.2, -0.15) is 0 Å². The molecule has 0 heterocycles. The van der Waals surface area contributed by atoms with Crippen molar-refractivity contribution in [2.24, 2.45) is 11.8 Å². The van der Waals surface area contributed by atoms with E-state index in [-0.39, 0.29) is 44.0 Å². The highest BCUT2D eigenvalue weighted by Gasteiger charge is 2.39. The number of quaternary nitrogens is 1. The van der Waals surface area contributed by atoms with Gasteiger partial charge < -0.3 is 43.2 Å². The molecule has 0 bridgehead atoms. The number of esters is 1. The molecule has 0 spiro atoms. The van der Waals surface area contributed by atoms with Gasteiger partial charge in [-0.15, -0.1) is 0 Å². The molecule has 0 aliphatic heterocycles. The van der Waals surface area contributed by atoms with Crippen LogP contribution < -0.4 is 4.89 Å². The lowest BCUT2D eigenvalue weighted by Gasteiger charge is -2.28. The van der Waals surface area contributed by atoms with Crippen LogP contribution in [0.1, 0.15) is 168 Å². The summed E-state index contributed by atoms with van der Waals surface area (Å²) in [7, 11) is 1.25. The van der Waals surface area contributed by atoms with E-state index in [2.05, 4.69) is 13.8 Å². The monoisotopic (exact) mass is 818 g/mol. The van der Waals surface area contributed by atoms with Crippen LogP contribution >= 0.6 is 7.82 Å². The molecule has 7 atom stereocenters. The summed E-state index contributed by atoms with van der Waals surface area (Å²) in [5, 5.41) is 31.4. The summed E-state index contributed by atoms with van der Waals surface area (Å²) in [6.45, 7) is 4.38. The molecule has 1 fully saturated rings. The number of aliphatic hydroxyl groups excluding tert-OH is 3. The summed E-state index contributed by atoms with van der Waals surface area (Å²) >= 11 is 0. The standard InChI is InChI=1S/C44H84NO10P/c1-6-8-10-11-12-13-14-15-16-17-18-19-22-26-33-52-39(37-55-56(50,51)54-34-32-45(3,4)5)36-53-44(49)29-25-21-20-24-28-40-41(43(48)35-42(40)47)31-30-38(46)27-23-9-7-2/h26,30-31,33,38-43,46-48H,6-25,27-29,32,34-37H2,1-5H3/b31-30+,33-26+/t38-,39+,40+,41+,42-,43+/m0/s1. The Labute approximate surface area is 341 Å². The fourth-order valence-corrected chi connectivity index (χ4v) is 7.83. The summed E-state index contributed by atoms with van der Waals surface area (Å²) in [6, 6.07) is 0. The lowest BCUT2D eigenvalue weighted by Crippen LogP contribution is -2.37. The number of rotatable bonds is 37. The van der Waals surface area contributed by atoms with E-state index in [4.69, 9.17) is 18.5 Å². The van der Waals surface area contributed by atoms with Crippen molar-refractivity contribution in [3.8, 4) is 0 Å². The van der Waals surface area contributed by atoms with Crippen molar-refractivity contribution in [3.05, 3.63) is 24.5 Å². The highest BCUT2D eigenvalue weighted by molar-refractivity contribution is 7.45. The van der Waals surface area contributed by atoms with E-state index in [1.807, 2.05) is 33.3 Å². The summed E-state index contributed by atoms with van der Waals surface area (Å²) in [6.07, 6.45) is 29.2. The maximum absolute atomic E-state index is 12.6. The predicted octanol–water partition coefficient (Wildman–Crippen LogP) is 8.92. The Kier molecular flexibility index (Phi) is 30.6. The second-order valence-electron chi connectivity index (χ2n) is 17.1. The molecule has 1 aliphatic rings. The molecule has 1 unspecified atom stereocenters. The lowest BCUT2D eigenvalue weighted by atomic mass is 9.88. The van der Waals surface area contributed by atoms with Gasteiger partial charge in [0.05, 0.1) is 52.3 Å². The van der Waals surface area contributed by atoms with E-state index < -0.39 is 32.2 Å². The van der Waals surface area contributed by atoms with E-state index in [9.17, 15) is 29.6 Å². The molecule has 1 saturated carbocycles. The smallest absolute Gasteiger partial charge is 0.305 e. The van der Waals surface area contributed by atoms with Crippen LogP contribution in [0.15, 0.2) is 24.5 Å². The van der Waals surface area contributed by atoms with E-state index in [0.717, 1.165) is 64.2 Å². The number of unbranched alkanes of at least 4 members (excludes halogenated alkanes) is 17.